The Balaban J connectivity index is 1.36. The molecule has 0 saturated heterocycles. The number of nitrogens with two attached hydrogens (primary N) is 1. The second-order valence-corrected chi connectivity index (χ2v) is 13.0. The van der Waals surface area contributed by atoms with Crippen LogP contribution in [0, 0.1) is 17.8 Å². The third-order valence-corrected chi connectivity index (χ3v) is 10.2. The first-order chi connectivity index (χ1) is 23.1. The summed E-state index contributed by atoms with van der Waals surface area (Å²) >= 11 is 0. The Morgan fingerprint density at radius 1 is 0.857 bits per heavy atom. The van der Waals surface area contributed by atoms with Crippen molar-refractivity contribution in [3.05, 3.63) is 100 Å². The van der Waals surface area contributed by atoms with Crippen molar-refractivity contribution in [3.8, 4) is 5.75 Å². The first-order valence-electron chi connectivity index (χ1n) is 15.6. The number of hydrogen-bond donors (Lipinski definition) is 7. The first-order valence-corrected chi connectivity index (χ1v) is 15.6. The van der Waals surface area contributed by atoms with Gasteiger partial charge in [-0.25, -0.2) is 0 Å². The maximum Gasteiger partial charge on any atom is 0.255 e. The van der Waals surface area contributed by atoms with Gasteiger partial charge in [-0.2, -0.15) is 0 Å². The van der Waals surface area contributed by atoms with Gasteiger partial charge in [-0.15, -0.1) is 0 Å². The van der Waals surface area contributed by atoms with Crippen molar-refractivity contribution >= 4 is 40.6 Å². The van der Waals surface area contributed by atoms with Crippen molar-refractivity contribution in [2.45, 2.75) is 36.7 Å². The highest BCUT2D eigenvalue weighted by atomic mass is 16.3. The molecule has 8 atom stereocenters. The van der Waals surface area contributed by atoms with Gasteiger partial charge < -0.3 is 41.5 Å². The highest BCUT2D eigenvalue weighted by Gasteiger charge is 2.71. The van der Waals surface area contributed by atoms with Crippen molar-refractivity contribution in [3.63, 3.8) is 0 Å². The number of carbonyl (C=O) groups excluding carboxylic acids is 5. The van der Waals surface area contributed by atoms with Crippen LogP contribution in [-0.4, -0.2) is 97.5 Å². The molecule has 0 aliphatic heterocycles. The predicted molar refractivity (Wildman–Crippen MR) is 174 cm³/mol. The Kier molecular flexibility index (Phi) is 8.27. The van der Waals surface area contributed by atoms with Crippen molar-refractivity contribution < 1.29 is 49.5 Å². The van der Waals surface area contributed by atoms with Gasteiger partial charge in [0.2, 0.25) is 11.7 Å². The van der Waals surface area contributed by atoms with E-state index in [9.17, 15) is 49.5 Å². The standard InChI is InChI=1S/C36H35N3O10/c1-15-19-13-14-20(38-35(48)18-11-9-17(10-12-18)27(40)16-7-5-4-6-8-16)28(41)22(19)29(42)23-21(15)30(43)25-26(39(2)3)31(44)24(34(37)47)33(46)36(25,49)32(23)45/h4-15,21,24-26,30-31,41-44,49H,1-3H3,(H2,37,47)(H,38,48)/t15-,21?,24?,25?,26?,30-,31?,36-/m0/s1. The summed E-state index contributed by atoms with van der Waals surface area (Å²) in [6, 6.07) is 16.1. The van der Waals surface area contributed by atoms with E-state index in [0.717, 1.165) is 0 Å². The summed E-state index contributed by atoms with van der Waals surface area (Å²) in [6.07, 6.45) is -3.45. The van der Waals surface area contributed by atoms with Gasteiger partial charge in [-0.1, -0.05) is 55.5 Å². The lowest BCUT2D eigenvalue weighted by Crippen LogP contribution is -2.76. The monoisotopic (exact) mass is 669 g/mol. The number of Topliss-reactive ketones (excluding diaryl/α,β-unsaturated/α-hetero) is 2. The molecule has 0 bridgehead atoms. The number of fused-ring (bicyclic) bond motifs is 3. The normalized spacial score (nSPS) is 29.2. The van der Waals surface area contributed by atoms with E-state index in [-0.39, 0.29) is 22.6 Å². The smallest absolute Gasteiger partial charge is 0.255 e. The molecule has 2 fully saturated rings. The molecule has 254 valence electrons. The fourth-order valence-corrected chi connectivity index (χ4v) is 7.80. The highest BCUT2D eigenvalue weighted by molar-refractivity contribution is 6.25. The zero-order valence-electron chi connectivity index (χ0n) is 26.7. The van der Waals surface area contributed by atoms with Gasteiger partial charge in [0, 0.05) is 40.1 Å². The number of anilines is 1. The number of likely N-dealkylation sites (N-methyl/N-ethyl adjacent to an activating group) is 1. The van der Waals surface area contributed by atoms with Crippen molar-refractivity contribution in [2.75, 3.05) is 19.4 Å². The Hall–Kier alpha value is -5.21. The molecule has 13 heteroatoms. The second-order valence-electron chi connectivity index (χ2n) is 13.0. The molecule has 3 aliphatic carbocycles. The van der Waals surface area contributed by atoms with Crippen LogP contribution in [0.2, 0.25) is 0 Å². The molecule has 2 saturated carbocycles. The Morgan fingerprint density at radius 2 is 1.45 bits per heavy atom. The van der Waals surface area contributed by atoms with Crippen LogP contribution in [0.4, 0.5) is 5.69 Å². The molecule has 0 radical (unpaired) electrons. The van der Waals surface area contributed by atoms with E-state index in [1.54, 1.807) is 37.3 Å². The molecule has 0 spiro atoms. The number of rotatable bonds is 6. The van der Waals surface area contributed by atoms with E-state index in [2.05, 4.69) is 5.32 Å². The van der Waals surface area contributed by atoms with Crippen LogP contribution in [0.15, 0.2) is 72.3 Å². The van der Waals surface area contributed by atoms with Crippen LogP contribution in [0.5, 0.6) is 5.75 Å². The summed E-state index contributed by atoms with van der Waals surface area (Å²) in [6.45, 7) is 1.62. The lowest BCUT2D eigenvalue weighted by molar-refractivity contribution is -0.199. The topological polar surface area (TPSA) is 228 Å². The molecule has 3 aromatic rings. The van der Waals surface area contributed by atoms with Gasteiger partial charge in [0.05, 0.1) is 23.5 Å². The van der Waals surface area contributed by atoms with Crippen LogP contribution in [0.25, 0.3) is 5.76 Å². The van der Waals surface area contributed by atoms with Gasteiger partial charge in [0.15, 0.2) is 17.2 Å². The SMILES string of the molecule is C[C@H]1c2ccc(NC(=O)c3ccc(C(=O)c4ccccc4)cc3)c(O)c2C(O)=C2C(=O)[C@]3(O)C(=O)C(C(N)=O)C(O)C(N(C)C)C3[C@@H](O)C21. The van der Waals surface area contributed by atoms with Gasteiger partial charge in [-0.3, -0.25) is 24.0 Å². The van der Waals surface area contributed by atoms with E-state index in [1.807, 2.05) is 0 Å². The number of ketones is 3. The number of phenolic OH excluding ortho intramolecular Hbond substituents is 1. The number of aromatic hydroxyl groups is 1. The van der Waals surface area contributed by atoms with E-state index in [4.69, 9.17) is 5.73 Å². The molecule has 13 nitrogen and oxygen atoms in total. The summed E-state index contributed by atoms with van der Waals surface area (Å²) in [5.74, 6) is -11.9. The number of hydrogen-bond acceptors (Lipinski definition) is 11. The number of phenols is 1. The molecule has 6 rings (SSSR count). The number of primary amides is 1. The molecular weight excluding hydrogens is 634 g/mol. The fourth-order valence-electron chi connectivity index (χ4n) is 7.80. The van der Waals surface area contributed by atoms with E-state index in [0.29, 0.717) is 16.7 Å². The molecule has 49 heavy (non-hydrogen) atoms. The molecule has 0 aromatic heterocycles. The minimum Gasteiger partial charge on any atom is -0.507 e. The summed E-state index contributed by atoms with van der Waals surface area (Å²) in [4.78, 5) is 67.4. The molecule has 8 N–H and O–H groups in total. The summed E-state index contributed by atoms with van der Waals surface area (Å²) in [5.41, 5.74) is 2.67. The van der Waals surface area contributed by atoms with Gasteiger partial charge in [0.1, 0.15) is 17.4 Å². The number of benzene rings is 3. The number of aliphatic hydroxyl groups is 4. The van der Waals surface area contributed by atoms with Gasteiger partial charge in [-0.05, 0) is 43.8 Å². The number of amides is 2. The number of nitrogens with zero attached hydrogens (tertiary/aromatic N) is 1. The Labute approximate surface area is 280 Å². The Bertz CT molecular complexity index is 1940. The Morgan fingerprint density at radius 3 is 2.04 bits per heavy atom. The van der Waals surface area contributed by atoms with Crippen molar-refractivity contribution in [1.82, 2.24) is 4.90 Å². The van der Waals surface area contributed by atoms with E-state index < -0.39 is 88.0 Å². The average molecular weight is 670 g/mol. The summed E-state index contributed by atoms with van der Waals surface area (Å²) in [5, 5.41) is 60.1. The second kappa shape index (κ2) is 12.0. The molecule has 3 aliphatic rings. The van der Waals surface area contributed by atoms with E-state index in [1.165, 1.54) is 55.4 Å². The lowest BCUT2D eigenvalue weighted by atomic mass is 9.52. The van der Waals surface area contributed by atoms with Gasteiger partial charge in [0.25, 0.3) is 5.91 Å². The van der Waals surface area contributed by atoms with Crippen LogP contribution in [0.3, 0.4) is 0 Å². The lowest BCUT2D eigenvalue weighted by Gasteiger charge is -2.56. The maximum atomic E-state index is 14.2. The van der Waals surface area contributed by atoms with Crippen LogP contribution in [0.1, 0.15) is 50.2 Å². The minimum absolute atomic E-state index is 0.147. The quantitative estimate of drug-likeness (QED) is 0.112. The van der Waals surface area contributed by atoms with Crippen LogP contribution >= 0.6 is 0 Å². The molecule has 2 amide bonds. The maximum absolute atomic E-state index is 14.2. The summed E-state index contributed by atoms with van der Waals surface area (Å²) in [7, 11) is 2.96. The number of nitrogens with one attached hydrogen (secondary N) is 1. The van der Waals surface area contributed by atoms with E-state index >= 15 is 0 Å². The number of aliphatic hydroxyl groups excluding tert-OH is 3. The van der Waals surface area contributed by atoms with Crippen molar-refractivity contribution in [2.24, 2.45) is 23.5 Å². The molecular formula is C36H35N3O10. The predicted octanol–water partition coefficient (Wildman–Crippen LogP) is 1.14. The minimum atomic E-state index is -3.06. The summed E-state index contributed by atoms with van der Waals surface area (Å²) < 4.78 is 0. The molecule has 3 aromatic carbocycles. The molecule has 5 unspecified atom stereocenters. The largest absolute Gasteiger partial charge is 0.507 e. The van der Waals surface area contributed by atoms with Gasteiger partial charge >= 0.3 is 0 Å². The average Bonchev–Trinajstić information content (AvgIpc) is 3.07. The fraction of sp³-hybridized carbons (Fsp3) is 0.306. The third-order valence-electron chi connectivity index (χ3n) is 10.2. The zero-order chi connectivity index (χ0) is 35.7. The highest BCUT2D eigenvalue weighted by Crippen LogP contribution is 2.56. The van der Waals surface area contributed by atoms with Crippen molar-refractivity contribution in [1.29, 1.82) is 0 Å². The first kappa shape index (κ1) is 33.7. The number of carbonyl (C=O) groups is 5. The van der Waals surface area contributed by atoms with Crippen LogP contribution < -0.4 is 11.1 Å². The zero-order valence-corrected chi connectivity index (χ0v) is 26.7. The molecule has 0 heterocycles. The van der Waals surface area contributed by atoms with Crippen LogP contribution in [-0.2, 0) is 14.4 Å². The third kappa shape index (κ3) is 4.96.